The van der Waals surface area contributed by atoms with E-state index in [1.54, 1.807) is 6.07 Å². The van der Waals surface area contributed by atoms with Gasteiger partial charge in [-0.05, 0) is 55.7 Å². The number of methoxy groups -OCH3 is 1. The zero-order valence-corrected chi connectivity index (χ0v) is 18.4. The number of amides is 1. The molecule has 31 heavy (non-hydrogen) atoms. The topological polar surface area (TPSA) is 94.2 Å². The third-order valence-corrected chi connectivity index (χ3v) is 7.44. The molecule has 0 bridgehead atoms. The van der Waals surface area contributed by atoms with E-state index in [9.17, 15) is 13.2 Å². The molecule has 1 fully saturated rings. The molecule has 4 rings (SSSR count). The van der Waals surface area contributed by atoms with Crippen LogP contribution in [0.15, 0.2) is 41.3 Å². The van der Waals surface area contributed by atoms with Gasteiger partial charge in [-0.2, -0.15) is 4.31 Å². The summed E-state index contributed by atoms with van der Waals surface area (Å²) < 4.78 is 44.0. The Hall–Kier alpha value is -2.78. The van der Waals surface area contributed by atoms with Crippen molar-refractivity contribution in [3.8, 4) is 17.2 Å². The molecule has 0 radical (unpaired) electrons. The van der Waals surface area contributed by atoms with Gasteiger partial charge in [0.05, 0.1) is 13.2 Å². The van der Waals surface area contributed by atoms with Crippen LogP contribution in [0.2, 0.25) is 0 Å². The van der Waals surface area contributed by atoms with E-state index < -0.39 is 10.0 Å². The predicted molar refractivity (Wildman–Crippen MR) is 114 cm³/mol. The Morgan fingerprint density at radius 1 is 1.06 bits per heavy atom. The first-order chi connectivity index (χ1) is 14.9. The van der Waals surface area contributed by atoms with Gasteiger partial charge in [-0.25, -0.2) is 8.42 Å². The molecule has 0 aliphatic carbocycles. The van der Waals surface area contributed by atoms with Gasteiger partial charge in [0.25, 0.3) is 5.91 Å². The van der Waals surface area contributed by atoms with Crippen molar-refractivity contribution in [3.05, 3.63) is 47.5 Å². The molecule has 1 amide bonds. The molecule has 2 heterocycles. The molecule has 0 aromatic heterocycles. The molecule has 2 aromatic carbocycles. The van der Waals surface area contributed by atoms with Crippen LogP contribution in [0.4, 0.5) is 0 Å². The molecule has 9 heteroatoms. The number of fused-ring (bicyclic) bond motifs is 1. The molecule has 1 unspecified atom stereocenters. The minimum Gasteiger partial charge on any atom is -0.495 e. The quantitative estimate of drug-likeness (QED) is 0.733. The molecule has 1 atom stereocenters. The summed E-state index contributed by atoms with van der Waals surface area (Å²) in [5.74, 6) is 1.18. The first kappa shape index (κ1) is 21.5. The summed E-state index contributed by atoms with van der Waals surface area (Å²) in [5, 5.41) is 2.92. The second kappa shape index (κ2) is 8.76. The SMILES string of the molecule is COc1ccc(C(=O)NC(C)c2ccc3c(c2)OCCO3)cc1S(=O)(=O)N1CCCC1. The molecular weight excluding hydrogens is 420 g/mol. The van der Waals surface area contributed by atoms with E-state index in [1.807, 2.05) is 25.1 Å². The van der Waals surface area contributed by atoms with Crippen molar-refractivity contribution in [1.82, 2.24) is 9.62 Å². The third-order valence-electron chi connectivity index (χ3n) is 5.52. The number of sulfonamides is 1. The lowest BCUT2D eigenvalue weighted by molar-refractivity contribution is 0.0939. The summed E-state index contributed by atoms with van der Waals surface area (Å²) in [4.78, 5) is 12.9. The molecule has 1 N–H and O–H groups in total. The molecular formula is C22H26N2O6S. The van der Waals surface area contributed by atoms with Gasteiger partial charge < -0.3 is 19.5 Å². The van der Waals surface area contributed by atoms with Gasteiger partial charge in [0, 0.05) is 18.7 Å². The fourth-order valence-electron chi connectivity index (χ4n) is 3.78. The summed E-state index contributed by atoms with van der Waals surface area (Å²) in [7, 11) is -2.31. The molecule has 1 saturated heterocycles. The van der Waals surface area contributed by atoms with Gasteiger partial charge in [-0.3, -0.25) is 4.79 Å². The highest BCUT2D eigenvalue weighted by molar-refractivity contribution is 7.89. The number of carbonyl (C=O) groups is 1. The maximum atomic E-state index is 13.1. The highest BCUT2D eigenvalue weighted by Gasteiger charge is 2.31. The number of nitrogens with zero attached hydrogens (tertiary/aromatic N) is 1. The van der Waals surface area contributed by atoms with Crippen LogP contribution < -0.4 is 19.5 Å². The Labute approximate surface area is 182 Å². The Morgan fingerprint density at radius 2 is 1.77 bits per heavy atom. The van der Waals surface area contributed by atoms with Crippen LogP contribution in [0, 0.1) is 0 Å². The van der Waals surface area contributed by atoms with Crippen LogP contribution >= 0.6 is 0 Å². The third kappa shape index (κ3) is 4.33. The number of hydrogen-bond donors (Lipinski definition) is 1. The van der Waals surface area contributed by atoms with Crippen molar-refractivity contribution in [2.24, 2.45) is 0 Å². The van der Waals surface area contributed by atoms with Gasteiger partial charge in [-0.1, -0.05) is 6.07 Å². The number of ether oxygens (including phenoxy) is 3. The monoisotopic (exact) mass is 446 g/mol. The lowest BCUT2D eigenvalue weighted by Crippen LogP contribution is -2.29. The Morgan fingerprint density at radius 3 is 2.48 bits per heavy atom. The summed E-state index contributed by atoms with van der Waals surface area (Å²) in [5.41, 5.74) is 1.11. The van der Waals surface area contributed by atoms with Crippen LogP contribution in [-0.4, -0.2) is 52.0 Å². The molecule has 0 spiro atoms. The fraction of sp³-hybridized carbons (Fsp3) is 0.409. The Balaban J connectivity index is 1.56. The van der Waals surface area contributed by atoms with Crippen molar-refractivity contribution >= 4 is 15.9 Å². The van der Waals surface area contributed by atoms with Crippen molar-refractivity contribution in [1.29, 1.82) is 0 Å². The summed E-state index contributed by atoms with van der Waals surface area (Å²) in [6.45, 7) is 3.80. The summed E-state index contributed by atoms with van der Waals surface area (Å²) >= 11 is 0. The van der Waals surface area contributed by atoms with Crippen LogP contribution in [0.1, 0.15) is 41.7 Å². The van der Waals surface area contributed by atoms with Crippen molar-refractivity contribution < 1.29 is 27.4 Å². The van der Waals surface area contributed by atoms with E-state index in [0.717, 1.165) is 18.4 Å². The number of rotatable bonds is 6. The number of carbonyl (C=O) groups excluding carboxylic acids is 1. The predicted octanol–water partition coefficient (Wildman–Crippen LogP) is 2.74. The first-order valence-corrected chi connectivity index (χ1v) is 11.7. The average Bonchev–Trinajstić information content (AvgIpc) is 3.34. The maximum Gasteiger partial charge on any atom is 0.251 e. The van der Waals surface area contributed by atoms with Gasteiger partial charge in [-0.15, -0.1) is 0 Å². The van der Waals surface area contributed by atoms with E-state index in [-0.39, 0.29) is 28.2 Å². The van der Waals surface area contributed by atoms with Gasteiger partial charge in [0.1, 0.15) is 23.9 Å². The maximum absolute atomic E-state index is 13.1. The lowest BCUT2D eigenvalue weighted by Gasteiger charge is -2.21. The Bertz CT molecular complexity index is 1080. The van der Waals surface area contributed by atoms with Gasteiger partial charge in [0.15, 0.2) is 11.5 Å². The van der Waals surface area contributed by atoms with Gasteiger partial charge in [0.2, 0.25) is 10.0 Å². The number of benzene rings is 2. The smallest absolute Gasteiger partial charge is 0.251 e. The van der Waals surface area contributed by atoms with Crippen LogP contribution in [0.25, 0.3) is 0 Å². The summed E-state index contributed by atoms with van der Waals surface area (Å²) in [6.07, 6.45) is 1.66. The molecule has 0 saturated carbocycles. The molecule has 8 nitrogen and oxygen atoms in total. The van der Waals surface area contributed by atoms with E-state index in [1.165, 1.54) is 23.5 Å². The zero-order chi connectivity index (χ0) is 22.0. The summed E-state index contributed by atoms with van der Waals surface area (Å²) in [6, 6.07) is 9.69. The minimum absolute atomic E-state index is 0.0107. The van der Waals surface area contributed by atoms with Crippen LogP contribution in [-0.2, 0) is 10.0 Å². The number of nitrogens with one attached hydrogen (secondary N) is 1. The first-order valence-electron chi connectivity index (χ1n) is 10.3. The lowest BCUT2D eigenvalue weighted by atomic mass is 10.1. The van der Waals surface area contributed by atoms with Crippen LogP contribution in [0.5, 0.6) is 17.2 Å². The second-order valence-electron chi connectivity index (χ2n) is 7.58. The fourth-order valence-corrected chi connectivity index (χ4v) is 5.48. The molecule has 2 aromatic rings. The zero-order valence-electron chi connectivity index (χ0n) is 17.6. The van der Waals surface area contributed by atoms with E-state index in [4.69, 9.17) is 14.2 Å². The van der Waals surface area contributed by atoms with E-state index >= 15 is 0 Å². The molecule has 2 aliphatic rings. The number of hydrogen-bond acceptors (Lipinski definition) is 6. The van der Waals surface area contributed by atoms with Crippen molar-refractivity contribution in [2.45, 2.75) is 30.7 Å². The highest BCUT2D eigenvalue weighted by Crippen LogP contribution is 2.33. The van der Waals surface area contributed by atoms with Crippen molar-refractivity contribution in [2.75, 3.05) is 33.4 Å². The van der Waals surface area contributed by atoms with Gasteiger partial charge >= 0.3 is 0 Å². The Kier molecular flexibility index (Phi) is 6.06. The largest absolute Gasteiger partial charge is 0.495 e. The van der Waals surface area contributed by atoms with Crippen LogP contribution in [0.3, 0.4) is 0 Å². The normalized spacial score (nSPS) is 17.2. The molecule has 166 valence electrons. The minimum atomic E-state index is -3.73. The average molecular weight is 447 g/mol. The second-order valence-corrected chi connectivity index (χ2v) is 9.48. The standard InChI is InChI=1S/C22H26N2O6S/c1-15(16-5-7-18-20(13-16)30-12-11-29-18)23-22(25)17-6-8-19(28-2)21(14-17)31(26,27)24-9-3-4-10-24/h5-8,13-15H,3-4,9-12H2,1-2H3,(H,23,25). The van der Waals surface area contributed by atoms with E-state index in [2.05, 4.69) is 5.32 Å². The highest BCUT2D eigenvalue weighted by atomic mass is 32.2. The van der Waals surface area contributed by atoms with Crippen molar-refractivity contribution in [3.63, 3.8) is 0 Å². The molecule has 2 aliphatic heterocycles. The van der Waals surface area contributed by atoms with E-state index in [0.29, 0.717) is 37.8 Å².